The van der Waals surface area contributed by atoms with Crippen LogP contribution in [0.3, 0.4) is 0 Å². The highest BCUT2D eigenvalue weighted by Gasteiger charge is 2.08. The van der Waals surface area contributed by atoms with Crippen molar-refractivity contribution in [2.75, 3.05) is 6.61 Å². The van der Waals surface area contributed by atoms with E-state index in [1.54, 1.807) is 0 Å². The summed E-state index contributed by atoms with van der Waals surface area (Å²) in [4.78, 5) is 23.2. The molecule has 0 heterocycles. The van der Waals surface area contributed by atoms with Gasteiger partial charge in [-0.15, -0.1) is 0 Å². The molecule has 0 N–H and O–H groups in total. The predicted octanol–water partition coefficient (Wildman–Crippen LogP) is 2.68. The number of carbonyl (C=O) groups is 1. The van der Waals surface area contributed by atoms with Crippen LogP contribution >= 0.6 is 0 Å². The summed E-state index contributed by atoms with van der Waals surface area (Å²) in [6.45, 7) is 4.52. The molecule has 0 aliphatic heterocycles. The summed E-state index contributed by atoms with van der Waals surface area (Å²) in [5.41, 5.74) is 0. The Balaban J connectivity index is 3.71. The predicted molar refractivity (Wildman–Crippen MR) is 52.8 cm³/mol. The third kappa shape index (κ3) is 6.38. The highest BCUT2D eigenvalue weighted by atomic mass is 16.5. The van der Waals surface area contributed by atoms with Crippen LogP contribution in [-0.4, -0.2) is 18.8 Å². The first-order valence-electron chi connectivity index (χ1n) is 4.99. The highest BCUT2D eigenvalue weighted by molar-refractivity contribution is 5.74. The molecule has 0 spiro atoms. The lowest BCUT2D eigenvalue weighted by Gasteiger charge is -2.12. The average molecular weight is 199 g/mol. The number of rotatable bonds is 6. The van der Waals surface area contributed by atoms with Crippen LogP contribution in [0.1, 0.15) is 39.5 Å². The molecule has 4 nitrogen and oxygen atoms in total. The maximum Gasteiger partial charge on any atom is 0.444 e. The van der Waals surface area contributed by atoms with Crippen LogP contribution in [0.4, 0.5) is 4.79 Å². The molecular formula is C10H17NO3. The molecule has 0 bridgehead atoms. The van der Waals surface area contributed by atoms with Crippen molar-refractivity contribution >= 4 is 12.2 Å². The lowest BCUT2D eigenvalue weighted by Crippen LogP contribution is -2.11. The van der Waals surface area contributed by atoms with Crippen molar-refractivity contribution in [2.45, 2.75) is 39.5 Å². The molecule has 0 rings (SSSR count). The summed E-state index contributed by atoms with van der Waals surface area (Å²) in [7, 11) is 0. The van der Waals surface area contributed by atoms with Crippen LogP contribution in [0.2, 0.25) is 0 Å². The van der Waals surface area contributed by atoms with Gasteiger partial charge in [-0.2, -0.15) is 0 Å². The zero-order valence-electron chi connectivity index (χ0n) is 8.78. The van der Waals surface area contributed by atoms with Gasteiger partial charge in [-0.3, -0.25) is 0 Å². The van der Waals surface area contributed by atoms with Crippen molar-refractivity contribution < 1.29 is 14.3 Å². The maximum absolute atomic E-state index is 10.7. The smallest absolute Gasteiger partial charge is 0.444 e. The van der Waals surface area contributed by atoms with Crippen LogP contribution in [0.15, 0.2) is 4.99 Å². The number of unbranched alkanes of at least 4 members (excludes halogenated alkanes) is 1. The van der Waals surface area contributed by atoms with Crippen LogP contribution in [-0.2, 0) is 9.53 Å². The van der Waals surface area contributed by atoms with Crippen molar-refractivity contribution in [3.63, 3.8) is 0 Å². The van der Waals surface area contributed by atoms with Gasteiger partial charge in [0.05, 0.1) is 6.61 Å². The molecular weight excluding hydrogens is 182 g/mol. The summed E-state index contributed by atoms with van der Waals surface area (Å²) in [5, 5.41) is 0. The molecule has 1 unspecified atom stereocenters. The standard InChI is InChI=1S/C10H17NO3/c1-3-5-6-9(4-2)7-14-10(13)11-8-12/h9H,3-7H2,1-2H3. The minimum absolute atomic E-state index is 0.348. The average Bonchev–Trinajstić information content (AvgIpc) is 2.19. The van der Waals surface area contributed by atoms with Crippen LogP contribution in [0.5, 0.6) is 0 Å². The number of amides is 1. The van der Waals surface area contributed by atoms with Crippen molar-refractivity contribution in [3.8, 4) is 0 Å². The number of isocyanates is 1. The van der Waals surface area contributed by atoms with E-state index in [0.717, 1.165) is 31.8 Å². The summed E-state index contributed by atoms with van der Waals surface area (Å²) in [5.74, 6) is 0.376. The van der Waals surface area contributed by atoms with E-state index in [2.05, 4.69) is 18.8 Å². The second-order valence-electron chi connectivity index (χ2n) is 3.20. The first kappa shape index (κ1) is 12.8. The second-order valence-corrected chi connectivity index (χ2v) is 3.20. The molecule has 0 aromatic heterocycles. The van der Waals surface area contributed by atoms with Gasteiger partial charge in [0.25, 0.3) is 0 Å². The first-order chi connectivity index (χ1) is 6.74. The van der Waals surface area contributed by atoms with E-state index < -0.39 is 6.09 Å². The number of aliphatic imine (C=N–C) groups is 1. The van der Waals surface area contributed by atoms with E-state index in [4.69, 9.17) is 4.74 Å². The minimum atomic E-state index is -0.838. The summed E-state index contributed by atoms with van der Waals surface area (Å²) in [6, 6.07) is 0. The summed E-state index contributed by atoms with van der Waals surface area (Å²) in [6.07, 6.45) is 4.60. The van der Waals surface area contributed by atoms with Crippen LogP contribution in [0, 0.1) is 5.92 Å². The molecule has 0 radical (unpaired) electrons. The Hall–Kier alpha value is -1.15. The van der Waals surface area contributed by atoms with Crippen molar-refractivity contribution in [1.29, 1.82) is 0 Å². The van der Waals surface area contributed by atoms with Gasteiger partial charge in [0.15, 0.2) is 0 Å². The Kier molecular flexibility index (Phi) is 7.75. The Bertz CT molecular complexity index is 209. The molecule has 0 aliphatic rings. The van der Waals surface area contributed by atoms with Crippen LogP contribution < -0.4 is 0 Å². The molecule has 1 amide bonds. The van der Waals surface area contributed by atoms with Gasteiger partial charge in [0.1, 0.15) is 0 Å². The molecule has 0 fully saturated rings. The Morgan fingerprint density at radius 1 is 1.50 bits per heavy atom. The quantitative estimate of drug-likeness (QED) is 0.488. The number of ether oxygens (including phenoxy) is 1. The van der Waals surface area contributed by atoms with E-state index in [9.17, 15) is 9.59 Å². The van der Waals surface area contributed by atoms with E-state index in [-0.39, 0.29) is 0 Å². The monoisotopic (exact) mass is 199 g/mol. The molecule has 0 aliphatic carbocycles. The molecule has 0 aromatic carbocycles. The number of hydrogen-bond acceptors (Lipinski definition) is 3. The summed E-state index contributed by atoms with van der Waals surface area (Å²) >= 11 is 0. The van der Waals surface area contributed by atoms with Crippen molar-refractivity contribution in [2.24, 2.45) is 10.9 Å². The fourth-order valence-electron chi connectivity index (χ4n) is 1.16. The van der Waals surface area contributed by atoms with Gasteiger partial charge in [-0.1, -0.05) is 38.1 Å². The fourth-order valence-corrected chi connectivity index (χ4v) is 1.16. The van der Waals surface area contributed by atoms with Gasteiger partial charge < -0.3 is 4.74 Å². The molecule has 4 heteroatoms. The van der Waals surface area contributed by atoms with Gasteiger partial charge in [0, 0.05) is 0 Å². The van der Waals surface area contributed by atoms with E-state index in [0.29, 0.717) is 12.5 Å². The Morgan fingerprint density at radius 2 is 2.21 bits per heavy atom. The SMILES string of the molecule is CCCCC(CC)COC(=O)N=C=O. The molecule has 80 valence electrons. The van der Waals surface area contributed by atoms with E-state index in [1.165, 1.54) is 0 Å². The van der Waals surface area contributed by atoms with E-state index in [1.807, 2.05) is 0 Å². The zero-order valence-corrected chi connectivity index (χ0v) is 8.78. The lowest BCUT2D eigenvalue weighted by molar-refractivity contribution is 0.132. The third-order valence-electron chi connectivity index (χ3n) is 2.12. The third-order valence-corrected chi connectivity index (χ3v) is 2.12. The number of hydrogen-bond donors (Lipinski definition) is 0. The topological polar surface area (TPSA) is 55.7 Å². The van der Waals surface area contributed by atoms with Gasteiger partial charge in [-0.25, -0.2) is 9.59 Å². The second kappa shape index (κ2) is 8.45. The molecule has 0 saturated heterocycles. The largest absolute Gasteiger partial charge is 0.447 e. The molecule has 0 saturated carbocycles. The number of carbonyl (C=O) groups excluding carboxylic acids is 2. The normalized spacial score (nSPS) is 11.6. The zero-order chi connectivity index (χ0) is 10.8. The van der Waals surface area contributed by atoms with Crippen LogP contribution in [0.25, 0.3) is 0 Å². The van der Waals surface area contributed by atoms with Gasteiger partial charge >= 0.3 is 6.09 Å². The van der Waals surface area contributed by atoms with Crippen molar-refractivity contribution in [3.05, 3.63) is 0 Å². The molecule has 14 heavy (non-hydrogen) atoms. The minimum Gasteiger partial charge on any atom is -0.447 e. The van der Waals surface area contributed by atoms with Crippen molar-refractivity contribution in [1.82, 2.24) is 0 Å². The maximum atomic E-state index is 10.7. The number of nitrogens with zero attached hydrogens (tertiary/aromatic N) is 1. The Morgan fingerprint density at radius 3 is 2.71 bits per heavy atom. The molecule has 0 aromatic rings. The summed E-state index contributed by atoms with van der Waals surface area (Å²) < 4.78 is 4.76. The fraction of sp³-hybridized carbons (Fsp3) is 0.800. The lowest BCUT2D eigenvalue weighted by atomic mass is 10.0. The first-order valence-corrected chi connectivity index (χ1v) is 4.99. The molecule has 1 atom stereocenters. The van der Waals surface area contributed by atoms with E-state index >= 15 is 0 Å². The van der Waals surface area contributed by atoms with Gasteiger partial charge in [0.2, 0.25) is 6.08 Å². The Labute approximate surface area is 84.4 Å². The van der Waals surface area contributed by atoms with Gasteiger partial charge in [-0.05, 0) is 12.3 Å². The highest BCUT2D eigenvalue weighted by Crippen LogP contribution is 2.12.